The van der Waals surface area contributed by atoms with Gasteiger partial charge in [0.05, 0.1) is 11.1 Å². The Balaban J connectivity index is 1.72. The highest BCUT2D eigenvalue weighted by molar-refractivity contribution is 7.17. The van der Waals surface area contributed by atoms with E-state index in [0.717, 1.165) is 22.2 Å². The second kappa shape index (κ2) is 6.26. The van der Waals surface area contributed by atoms with Gasteiger partial charge in [-0.25, -0.2) is 13.6 Å². The molecule has 3 aromatic rings. The molecule has 0 atom stereocenters. The van der Waals surface area contributed by atoms with Gasteiger partial charge >= 0.3 is 5.97 Å². The van der Waals surface area contributed by atoms with Crippen molar-refractivity contribution in [3.05, 3.63) is 70.6 Å². The third kappa shape index (κ3) is 3.12. The van der Waals surface area contributed by atoms with E-state index in [1.807, 2.05) is 12.1 Å². The van der Waals surface area contributed by atoms with Gasteiger partial charge in [0.1, 0.15) is 11.6 Å². The number of fused-ring (bicyclic) bond motifs is 1. The summed E-state index contributed by atoms with van der Waals surface area (Å²) >= 11 is 1.39. The highest BCUT2D eigenvalue weighted by Crippen LogP contribution is 2.26. The molecule has 0 bridgehead atoms. The number of halogens is 2. The molecule has 116 valence electrons. The predicted molar refractivity (Wildman–Crippen MR) is 82.8 cm³/mol. The zero-order valence-corrected chi connectivity index (χ0v) is 12.5. The molecule has 23 heavy (non-hydrogen) atoms. The van der Waals surface area contributed by atoms with Gasteiger partial charge in [-0.1, -0.05) is 18.2 Å². The first-order valence-corrected chi connectivity index (χ1v) is 7.56. The number of ketones is 1. The summed E-state index contributed by atoms with van der Waals surface area (Å²) < 4.78 is 32.2. The quantitative estimate of drug-likeness (QED) is 0.531. The van der Waals surface area contributed by atoms with Gasteiger partial charge in [-0.15, -0.1) is 11.3 Å². The molecule has 0 radical (unpaired) electrons. The Labute approximate surface area is 134 Å². The number of thiophene rings is 1. The van der Waals surface area contributed by atoms with Crippen LogP contribution in [0.4, 0.5) is 8.78 Å². The van der Waals surface area contributed by atoms with Crippen molar-refractivity contribution in [2.24, 2.45) is 0 Å². The van der Waals surface area contributed by atoms with E-state index in [0.29, 0.717) is 11.6 Å². The summed E-state index contributed by atoms with van der Waals surface area (Å²) in [6, 6.07) is 9.92. The van der Waals surface area contributed by atoms with Gasteiger partial charge < -0.3 is 4.74 Å². The normalized spacial score (nSPS) is 10.7. The van der Waals surface area contributed by atoms with Crippen LogP contribution in [0.5, 0.6) is 0 Å². The van der Waals surface area contributed by atoms with Crippen LogP contribution in [0.15, 0.2) is 47.8 Å². The molecule has 0 aliphatic rings. The second-order valence-electron chi connectivity index (χ2n) is 4.77. The van der Waals surface area contributed by atoms with Crippen molar-refractivity contribution in [3.8, 4) is 0 Å². The van der Waals surface area contributed by atoms with Crippen molar-refractivity contribution in [1.82, 2.24) is 0 Å². The van der Waals surface area contributed by atoms with E-state index in [2.05, 4.69) is 0 Å². The average Bonchev–Trinajstić information content (AvgIpc) is 2.96. The summed E-state index contributed by atoms with van der Waals surface area (Å²) in [5.74, 6) is -3.14. The molecule has 0 aliphatic carbocycles. The van der Waals surface area contributed by atoms with E-state index >= 15 is 0 Å². The molecule has 1 heterocycles. The van der Waals surface area contributed by atoms with E-state index in [4.69, 9.17) is 4.74 Å². The third-order valence-corrected chi connectivity index (χ3v) is 4.23. The standard InChI is InChI=1S/C17H10F2O3S/c18-10-5-6-12(14(19)7-10)15(20)8-22-17(21)13-9-23-16-4-2-1-3-11(13)16/h1-7,9H,8H2. The zero-order valence-electron chi connectivity index (χ0n) is 11.7. The maximum absolute atomic E-state index is 13.5. The van der Waals surface area contributed by atoms with Crippen molar-refractivity contribution in [1.29, 1.82) is 0 Å². The van der Waals surface area contributed by atoms with Crippen LogP contribution < -0.4 is 0 Å². The Morgan fingerprint density at radius 1 is 1.04 bits per heavy atom. The van der Waals surface area contributed by atoms with Gasteiger partial charge in [-0.3, -0.25) is 4.79 Å². The van der Waals surface area contributed by atoms with E-state index in [-0.39, 0.29) is 5.56 Å². The molecular weight excluding hydrogens is 322 g/mol. The Morgan fingerprint density at radius 2 is 1.83 bits per heavy atom. The maximum Gasteiger partial charge on any atom is 0.340 e. The number of rotatable bonds is 4. The molecule has 0 unspecified atom stereocenters. The average molecular weight is 332 g/mol. The van der Waals surface area contributed by atoms with Crippen LogP contribution in [0.2, 0.25) is 0 Å². The highest BCUT2D eigenvalue weighted by atomic mass is 32.1. The molecular formula is C17H10F2O3S. The van der Waals surface area contributed by atoms with E-state index in [1.165, 1.54) is 11.3 Å². The van der Waals surface area contributed by atoms with Crippen LogP contribution in [0.1, 0.15) is 20.7 Å². The first kappa shape index (κ1) is 15.3. The molecule has 3 rings (SSSR count). The number of carbonyl (C=O) groups excluding carboxylic acids is 2. The SMILES string of the molecule is O=C(COC(=O)c1csc2ccccc12)c1ccc(F)cc1F. The topological polar surface area (TPSA) is 43.4 Å². The van der Waals surface area contributed by atoms with Gasteiger partial charge in [0, 0.05) is 21.5 Å². The Bertz CT molecular complexity index is 902. The Kier molecular flexibility index (Phi) is 4.16. The Morgan fingerprint density at radius 3 is 2.61 bits per heavy atom. The van der Waals surface area contributed by atoms with Crippen LogP contribution in [0.25, 0.3) is 10.1 Å². The fourth-order valence-electron chi connectivity index (χ4n) is 2.14. The lowest BCUT2D eigenvalue weighted by atomic mass is 10.1. The maximum atomic E-state index is 13.5. The molecule has 0 saturated carbocycles. The predicted octanol–water partition coefficient (Wildman–Crippen LogP) is 4.22. The summed E-state index contributed by atoms with van der Waals surface area (Å²) in [5.41, 5.74) is 0.0485. The van der Waals surface area contributed by atoms with Gasteiger partial charge in [0.2, 0.25) is 5.78 Å². The number of Topliss-reactive ketones (excluding diaryl/α,β-unsaturated/α-hetero) is 1. The van der Waals surface area contributed by atoms with Gasteiger partial charge in [0.15, 0.2) is 6.61 Å². The van der Waals surface area contributed by atoms with E-state index in [1.54, 1.807) is 17.5 Å². The van der Waals surface area contributed by atoms with Crippen molar-refractivity contribution in [2.75, 3.05) is 6.61 Å². The van der Waals surface area contributed by atoms with Gasteiger partial charge in [-0.2, -0.15) is 0 Å². The molecule has 0 saturated heterocycles. The van der Waals surface area contributed by atoms with Crippen LogP contribution in [-0.4, -0.2) is 18.4 Å². The summed E-state index contributed by atoms with van der Waals surface area (Å²) in [7, 11) is 0. The smallest absolute Gasteiger partial charge is 0.340 e. The first-order chi connectivity index (χ1) is 11.1. The lowest BCUT2D eigenvalue weighted by Gasteiger charge is -2.05. The summed E-state index contributed by atoms with van der Waals surface area (Å²) in [5, 5.41) is 2.39. The van der Waals surface area contributed by atoms with Crippen molar-refractivity contribution in [2.45, 2.75) is 0 Å². The molecule has 3 nitrogen and oxygen atoms in total. The van der Waals surface area contributed by atoms with E-state index in [9.17, 15) is 18.4 Å². The highest BCUT2D eigenvalue weighted by Gasteiger charge is 2.17. The lowest BCUT2D eigenvalue weighted by Crippen LogP contribution is -2.15. The fourth-order valence-corrected chi connectivity index (χ4v) is 3.07. The first-order valence-electron chi connectivity index (χ1n) is 6.68. The number of esters is 1. The largest absolute Gasteiger partial charge is 0.454 e. The fraction of sp³-hybridized carbons (Fsp3) is 0.0588. The Hall–Kier alpha value is -2.60. The molecule has 2 aromatic carbocycles. The number of ether oxygens (including phenoxy) is 1. The van der Waals surface area contributed by atoms with Crippen LogP contribution in [-0.2, 0) is 4.74 Å². The van der Waals surface area contributed by atoms with Crippen LogP contribution in [0.3, 0.4) is 0 Å². The summed E-state index contributed by atoms with van der Waals surface area (Å²) in [4.78, 5) is 24.0. The summed E-state index contributed by atoms with van der Waals surface area (Å²) in [6.07, 6.45) is 0. The molecule has 0 fully saturated rings. The van der Waals surface area contributed by atoms with Gasteiger partial charge in [0.25, 0.3) is 0 Å². The van der Waals surface area contributed by atoms with E-state index < -0.39 is 30.0 Å². The number of hydrogen-bond donors (Lipinski definition) is 0. The lowest BCUT2D eigenvalue weighted by molar-refractivity contribution is 0.0476. The number of hydrogen-bond acceptors (Lipinski definition) is 4. The summed E-state index contributed by atoms with van der Waals surface area (Å²) in [6.45, 7) is -0.606. The van der Waals surface area contributed by atoms with Crippen molar-refractivity contribution >= 4 is 33.2 Å². The molecule has 0 aliphatic heterocycles. The minimum atomic E-state index is -0.980. The molecule has 0 spiro atoms. The third-order valence-electron chi connectivity index (χ3n) is 3.27. The second-order valence-corrected chi connectivity index (χ2v) is 5.68. The van der Waals surface area contributed by atoms with Crippen molar-refractivity contribution < 1.29 is 23.1 Å². The molecule has 1 aromatic heterocycles. The molecule has 0 amide bonds. The van der Waals surface area contributed by atoms with Crippen LogP contribution in [0, 0.1) is 11.6 Å². The monoisotopic (exact) mass is 332 g/mol. The van der Waals surface area contributed by atoms with Crippen LogP contribution >= 0.6 is 11.3 Å². The van der Waals surface area contributed by atoms with Gasteiger partial charge in [-0.05, 0) is 18.2 Å². The number of benzene rings is 2. The minimum absolute atomic E-state index is 0.311. The van der Waals surface area contributed by atoms with Crippen molar-refractivity contribution in [3.63, 3.8) is 0 Å². The zero-order chi connectivity index (χ0) is 16.4. The molecule has 6 heteroatoms. The molecule has 0 N–H and O–H groups in total. The number of carbonyl (C=O) groups is 2. The minimum Gasteiger partial charge on any atom is -0.454 e.